The fourth-order valence-electron chi connectivity index (χ4n) is 3.46. The molecule has 1 saturated heterocycles. The number of ketones is 1. The van der Waals surface area contributed by atoms with Crippen molar-refractivity contribution < 1.29 is 14.3 Å². The third-order valence-electron chi connectivity index (χ3n) is 4.79. The van der Waals surface area contributed by atoms with Gasteiger partial charge in [0.05, 0.1) is 5.56 Å². The minimum atomic E-state index is -0.964. The van der Waals surface area contributed by atoms with Crippen molar-refractivity contribution in [1.29, 1.82) is 0 Å². The second kappa shape index (κ2) is 4.93. The van der Waals surface area contributed by atoms with Crippen LogP contribution in [-0.4, -0.2) is 11.4 Å². The van der Waals surface area contributed by atoms with Gasteiger partial charge >= 0.3 is 0 Å². The number of ether oxygens (including phenoxy) is 2. The van der Waals surface area contributed by atoms with Crippen LogP contribution < -0.4 is 4.74 Å². The Morgan fingerprint density at radius 2 is 1.70 bits per heavy atom. The molecule has 1 fully saturated rings. The fraction of sp³-hybridized carbons (Fsp3) is 0.350. The summed E-state index contributed by atoms with van der Waals surface area (Å²) >= 11 is 0. The quantitative estimate of drug-likeness (QED) is 0.790. The first-order valence-electron chi connectivity index (χ1n) is 8.18. The molecule has 0 saturated carbocycles. The van der Waals surface area contributed by atoms with Gasteiger partial charge in [0.1, 0.15) is 5.75 Å². The van der Waals surface area contributed by atoms with Crippen LogP contribution in [0.15, 0.2) is 54.6 Å². The van der Waals surface area contributed by atoms with Crippen molar-refractivity contribution in [2.45, 2.75) is 38.1 Å². The van der Waals surface area contributed by atoms with Crippen molar-refractivity contribution in [3.8, 4) is 5.75 Å². The third kappa shape index (κ3) is 1.96. The maximum atomic E-state index is 13.2. The van der Waals surface area contributed by atoms with Crippen LogP contribution in [0.3, 0.4) is 0 Å². The lowest BCUT2D eigenvalue weighted by molar-refractivity contribution is 0.0555. The molecule has 0 amide bonds. The molecular formula is C20H20O3. The van der Waals surface area contributed by atoms with E-state index in [0.717, 1.165) is 12.0 Å². The number of carbonyl (C=O) groups is 1. The number of para-hydroxylation sites is 1. The summed E-state index contributed by atoms with van der Waals surface area (Å²) in [6.07, 6.45) is 1.60. The monoisotopic (exact) mass is 308 g/mol. The SMILES string of the molecule is CC(C)CCC12OC1(c1ccccc1)Oc1ccccc1C2=O. The minimum absolute atomic E-state index is 0.0452. The van der Waals surface area contributed by atoms with Gasteiger partial charge in [-0.2, -0.15) is 0 Å². The summed E-state index contributed by atoms with van der Waals surface area (Å²) in [4.78, 5) is 13.2. The highest BCUT2D eigenvalue weighted by Gasteiger charge is 2.79. The van der Waals surface area contributed by atoms with Crippen molar-refractivity contribution in [2.75, 3.05) is 0 Å². The lowest BCUT2D eigenvalue weighted by Gasteiger charge is -2.27. The van der Waals surface area contributed by atoms with Gasteiger partial charge in [-0.05, 0) is 30.9 Å². The predicted octanol–water partition coefficient (Wildman–Crippen LogP) is 4.32. The van der Waals surface area contributed by atoms with E-state index in [2.05, 4.69) is 13.8 Å². The number of carbonyl (C=O) groups excluding carboxylic acids is 1. The number of hydrogen-bond donors (Lipinski definition) is 0. The fourth-order valence-corrected chi connectivity index (χ4v) is 3.46. The summed E-state index contributed by atoms with van der Waals surface area (Å²) < 4.78 is 12.4. The molecule has 3 heteroatoms. The second-order valence-corrected chi connectivity index (χ2v) is 6.77. The van der Waals surface area contributed by atoms with Crippen LogP contribution in [0.5, 0.6) is 5.75 Å². The van der Waals surface area contributed by atoms with Gasteiger partial charge in [0.25, 0.3) is 5.79 Å². The first-order chi connectivity index (χ1) is 11.1. The summed E-state index contributed by atoms with van der Waals surface area (Å²) in [7, 11) is 0. The smallest absolute Gasteiger partial charge is 0.275 e. The average molecular weight is 308 g/mol. The Labute approximate surface area is 136 Å². The van der Waals surface area contributed by atoms with Gasteiger partial charge < -0.3 is 9.47 Å². The number of fused-ring (bicyclic) bond motifs is 2. The van der Waals surface area contributed by atoms with E-state index in [1.54, 1.807) is 0 Å². The van der Waals surface area contributed by atoms with Crippen LogP contribution in [-0.2, 0) is 10.5 Å². The Kier molecular flexibility index (Phi) is 3.10. The van der Waals surface area contributed by atoms with Crippen molar-refractivity contribution in [3.05, 3.63) is 65.7 Å². The molecule has 2 aromatic carbocycles. The van der Waals surface area contributed by atoms with Crippen molar-refractivity contribution in [2.24, 2.45) is 5.92 Å². The summed E-state index contributed by atoms with van der Waals surface area (Å²) in [5, 5.41) is 0. The molecule has 0 N–H and O–H groups in total. The lowest BCUT2D eigenvalue weighted by atomic mass is 9.81. The zero-order valence-corrected chi connectivity index (χ0v) is 13.4. The van der Waals surface area contributed by atoms with Gasteiger partial charge in [0.15, 0.2) is 0 Å². The van der Waals surface area contributed by atoms with E-state index in [0.29, 0.717) is 23.7 Å². The van der Waals surface area contributed by atoms with Crippen LogP contribution in [0.2, 0.25) is 0 Å². The number of Topliss-reactive ketones (excluding diaryl/α,β-unsaturated/α-hetero) is 1. The molecule has 2 heterocycles. The van der Waals surface area contributed by atoms with Crippen LogP contribution in [0.1, 0.15) is 42.6 Å². The highest BCUT2D eigenvalue weighted by atomic mass is 16.8. The second-order valence-electron chi connectivity index (χ2n) is 6.77. The maximum absolute atomic E-state index is 13.2. The molecule has 0 aliphatic carbocycles. The van der Waals surface area contributed by atoms with E-state index in [-0.39, 0.29) is 5.78 Å². The van der Waals surface area contributed by atoms with Gasteiger partial charge in [-0.1, -0.05) is 56.3 Å². The number of hydrogen-bond acceptors (Lipinski definition) is 3. The van der Waals surface area contributed by atoms with E-state index in [1.807, 2.05) is 54.6 Å². The summed E-state index contributed by atoms with van der Waals surface area (Å²) in [5.41, 5.74) is 0.652. The standard InChI is InChI=1S/C20H20O3/c1-14(2)12-13-19-18(21)16-10-6-7-11-17(16)22-20(19,23-19)15-8-4-3-5-9-15/h3-11,14H,12-13H2,1-2H3. The van der Waals surface area contributed by atoms with E-state index in [4.69, 9.17) is 9.47 Å². The Balaban J connectivity index is 1.81. The Morgan fingerprint density at radius 1 is 1.00 bits per heavy atom. The van der Waals surface area contributed by atoms with Crippen LogP contribution in [0.25, 0.3) is 0 Å². The molecule has 4 rings (SSSR count). The Morgan fingerprint density at radius 3 is 2.43 bits per heavy atom. The molecule has 2 aliphatic heterocycles. The van der Waals surface area contributed by atoms with Crippen LogP contribution >= 0.6 is 0 Å². The van der Waals surface area contributed by atoms with Crippen molar-refractivity contribution >= 4 is 5.78 Å². The molecule has 0 radical (unpaired) electrons. The molecule has 0 bridgehead atoms. The maximum Gasteiger partial charge on any atom is 0.275 e. The molecule has 0 aromatic heterocycles. The zero-order valence-electron chi connectivity index (χ0n) is 13.4. The van der Waals surface area contributed by atoms with Gasteiger partial charge in [0, 0.05) is 5.56 Å². The molecule has 2 unspecified atom stereocenters. The highest BCUT2D eigenvalue weighted by molar-refractivity contribution is 6.08. The number of rotatable bonds is 4. The van der Waals surface area contributed by atoms with Crippen molar-refractivity contribution in [1.82, 2.24) is 0 Å². The predicted molar refractivity (Wildman–Crippen MR) is 87.4 cm³/mol. The molecule has 0 spiro atoms. The minimum Gasteiger partial charge on any atom is -0.453 e. The molecular weight excluding hydrogens is 288 g/mol. The topological polar surface area (TPSA) is 38.8 Å². The lowest BCUT2D eigenvalue weighted by Crippen LogP contribution is -2.41. The zero-order chi connectivity index (χ0) is 16.1. The Hall–Kier alpha value is -2.13. The van der Waals surface area contributed by atoms with E-state index >= 15 is 0 Å². The number of benzene rings is 2. The first-order valence-corrected chi connectivity index (χ1v) is 8.18. The Bertz CT molecular complexity index is 752. The molecule has 2 aliphatic rings. The van der Waals surface area contributed by atoms with Crippen LogP contribution in [0.4, 0.5) is 0 Å². The third-order valence-corrected chi connectivity index (χ3v) is 4.79. The summed E-state index contributed by atoms with van der Waals surface area (Å²) in [6, 6.07) is 17.2. The van der Waals surface area contributed by atoms with Gasteiger partial charge in [-0.3, -0.25) is 4.79 Å². The summed E-state index contributed by atoms with van der Waals surface area (Å²) in [6.45, 7) is 4.32. The summed E-state index contributed by atoms with van der Waals surface area (Å²) in [5.74, 6) is 0.198. The molecule has 2 aromatic rings. The molecule has 118 valence electrons. The average Bonchev–Trinajstić information content (AvgIpc) is 3.25. The van der Waals surface area contributed by atoms with Crippen molar-refractivity contribution in [3.63, 3.8) is 0 Å². The molecule has 2 atom stereocenters. The van der Waals surface area contributed by atoms with E-state index in [1.165, 1.54) is 0 Å². The van der Waals surface area contributed by atoms with E-state index < -0.39 is 11.4 Å². The van der Waals surface area contributed by atoms with Gasteiger partial charge in [-0.25, -0.2) is 0 Å². The normalized spacial score (nSPS) is 28.0. The largest absolute Gasteiger partial charge is 0.453 e. The molecule has 23 heavy (non-hydrogen) atoms. The molecule has 3 nitrogen and oxygen atoms in total. The number of epoxide rings is 1. The highest BCUT2D eigenvalue weighted by Crippen LogP contribution is 2.63. The van der Waals surface area contributed by atoms with E-state index in [9.17, 15) is 4.79 Å². The first kappa shape index (κ1) is 14.5. The van der Waals surface area contributed by atoms with Gasteiger partial charge in [-0.15, -0.1) is 0 Å². The van der Waals surface area contributed by atoms with Crippen LogP contribution in [0, 0.1) is 5.92 Å². The van der Waals surface area contributed by atoms with Gasteiger partial charge in [0.2, 0.25) is 11.4 Å².